The number of benzene rings is 1. The van der Waals surface area contributed by atoms with Crippen molar-refractivity contribution in [3.05, 3.63) is 54.0 Å². The van der Waals surface area contributed by atoms with Crippen molar-refractivity contribution >= 4 is 24.7 Å². The Kier molecular flexibility index (Phi) is 6.24. The van der Waals surface area contributed by atoms with Crippen molar-refractivity contribution < 1.29 is 9.90 Å². The van der Waals surface area contributed by atoms with Gasteiger partial charge >= 0.3 is 5.97 Å². The van der Waals surface area contributed by atoms with Gasteiger partial charge < -0.3 is 5.11 Å². The monoisotopic (exact) mass is 208 g/mol. The zero-order valence-corrected chi connectivity index (χ0v) is 8.58. The van der Waals surface area contributed by atoms with Crippen LogP contribution >= 0.6 is 12.6 Å². The fourth-order valence-corrected chi connectivity index (χ4v) is 0.589. The molecule has 1 N–H and O–H groups in total. The SMILES string of the molecule is C=C(S)C(=O)O.C=Cc1ccccc1. The Labute approximate surface area is 89.0 Å². The highest BCUT2D eigenvalue weighted by molar-refractivity contribution is 7.85. The standard InChI is InChI=1S/C8H8.C3H4O2S/c1-2-8-6-4-3-5-7-8;1-2(6)3(4)5/h2-7H,1H2;6H,1H2,(H,4,5). The maximum atomic E-state index is 9.52. The lowest BCUT2D eigenvalue weighted by Gasteiger charge is -1.85. The van der Waals surface area contributed by atoms with Gasteiger partial charge in [0.25, 0.3) is 0 Å². The molecule has 0 aliphatic heterocycles. The second kappa shape index (κ2) is 6.97. The first-order chi connectivity index (χ1) is 6.57. The summed E-state index contributed by atoms with van der Waals surface area (Å²) in [6.07, 6.45) is 1.83. The minimum Gasteiger partial charge on any atom is -0.477 e. The topological polar surface area (TPSA) is 37.3 Å². The van der Waals surface area contributed by atoms with Gasteiger partial charge in [-0.3, -0.25) is 0 Å². The summed E-state index contributed by atoms with van der Waals surface area (Å²) in [5.41, 5.74) is 1.17. The molecule has 1 aromatic rings. The lowest BCUT2D eigenvalue weighted by molar-refractivity contribution is -0.131. The van der Waals surface area contributed by atoms with E-state index in [1.807, 2.05) is 36.4 Å². The molecule has 0 atom stereocenters. The van der Waals surface area contributed by atoms with Gasteiger partial charge in [0.2, 0.25) is 0 Å². The number of hydrogen-bond acceptors (Lipinski definition) is 2. The van der Waals surface area contributed by atoms with Gasteiger partial charge in [0, 0.05) is 0 Å². The van der Waals surface area contributed by atoms with Crippen molar-refractivity contribution in [1.29, 1.82) is 0 Å². The smallest absolute Gasteiger partial charge is 0.341 e. The summed E-state index contributed by atoms with van der Waals surface area (Å²) in [4.78, 5) is 9.39. The third kappa shape index (κ3) is 6.08. The first kappa shape index (κ1) is 12.5. The van der Waals surface area contributed by atoms with E-state index in [1.54, 1.807) is 0 Å². The Balaban J connectivity index is 0.000000255. The number of carbonyl (C=O) groups is 1. The van der Waals surface area contributed by atoms with Crippen LogP contribution in [0.25, 0.3) is 6.08 Å². The predicted octanol–water partition coefficient (Wildman–Crippen LogP) is 2.84. The molecule has 0 amide bonds. The van der Waals surface area contributed by atoms with Crippen LogP contribution < -0.4 is 0 Å². The summed E-state index contributed by atoms with van der Waals surface area (Å²) < 4.78 is 0. The van der Waals surface area contributed by atoms with Crippen LogP contribution in [-0.4, -0.2) is 11.1 Å². The van der Waals surface area contributed by atoms with Gasteiger partial charge in [-0.15, -0.1) is 12.6 Å². The van der Waals surface area contributed by atoms with E-state index in [1.165, 1.54) is 5.56 Å². The van der Waals surface area contributed by atoms with Crippen LogP contribution in [0.15, 0.2) is 48.4 Å². The second-order valence-corrected chi connectivity index (χ2v) is 2.91. The summed E-state index contributed by atoms with van der Waals surface area (Å²) in [5.74, 6) is -1.07. The van der Waals surface area contributed by atoms with E-state index in [9.17, 15) is 4.79 Å². The molecule has 0 heterocycles. The Morgan fingerprint density at radius 3 is 2.00 bits per heavy atom. The number of rotatable bonds is 2. The first-order valence-electron chi connectivity index (χ1n) is 3.86. The van der Waals surface area contributed by atoms with Crippen LogP contribution in [-0.2, 0) is 4.79 Å². The molecule has 0 radical (unpaired) electrons. The number of thiol groups is 1. The van der Waals surface area contributed by atoms with Crippen molar-refractivity contribution in [3.63, 3.8) is 0 Å². The minimum atomic E-state index is -1.07. The molecule has 0 saturated heterocycles. The molecule has 0 spiro atoms. The van der Waals surface area contributed by atoms with Gasteiger partial charge in [0.05, 0.1) is 4.91 Å². The number of carboxylic acid groups (broad SMARTS) is 1. The van der Waals surface area contributed by atoms with Crippen LogP contribution in [0.3, 0.4) is 0 Å². The molecule has 1 aromatic carbocycles. The van der Waals surface area contributed by atoms with E-state index in [2.05, 4.69) is 25.8 Å². The first-order valence-corrected chi connectivity index (χ1v) is 4.31. The van der Waals surface area contributed by atoms with E-state index >= 15 is 0 Å². The molecule has 0 aliphatic carbocycles. The predicted molar refractivity (Wildman–Crippen MR) is 62.3 cm³/mol. The molecule has 0 fully saturated rings. The molecular formula is C11H12O2S. The highest BCUT2D eigenvalue weighted by atomic mass is 32.1. The third-order valence-electron chi connectivity index (χ3n) is 1.28. The summed E-state index contributed by atoms with van der Waals surface area (Å²) in [6.45, 7) is 6.65. The number of aliphatic carboxylic acids is 1. The molecule has 14 heavy (non-hydrogen) atoms. The van der Waals surface area contributed by atoms with Crippen LogP contribution in [0.1, 0.15) is 5.56 Å². The van der Waals surface area contributed by atoms with Crippen molar-refractivity contribution in [2.45, 2.75) is 0 Å². The van der Waals surface area contributed by atoms with Crippen molar-refractivity contribution in [2.24, 2.45) is 0 Å². The molecule has 0 aliphatic rings. The zero-order chi connectivity index (χ0) is 11.0. The van der Waals surface area contributed by atoms with Gasteiger partial charge in [-0.2, -0.15) is 0 Å². The molecule has 0 bridgehead atoms. The second-order valence-electron chi connectivity index (χ2n) is 2.37. The zero-order valence-electron chi connectivity index (χ0n) is 7.68. The Bertz CT molecular complexity index is 305. The van der Waals surface area contributed by atoms with Gasteiger partial charge in [-0.1, -0.05) is 49.6 Å². The fraction of sp³-hybridized carbons (Fsp3) is 0. The molecule has 2 nitrogen and oxygen atoms in total. The quantitative estimate of drug-likeness (QED) is 0.579. The van der Waals surface area contributed by atoms with E-state index < -0.39 is 5.97 Å². The molecular weight excluding hydrogens is 196 g/mol. The van der Waals surface area contributed by atoms with Crippen molar-refractivity contribution in [1.82, 2.24) is 0 Å². The van der Waals surface area contributed by atoms with Crippen LogP contribution in [0.5, 0.6) is 0 Å². The van der Waals surface area contributed by atoms with Gasteiger partial charge in [-0.25, -0.2) is 4.79 Å². The molecule has 0 aromatic heterocycles. The molecule has 0 unspecified atom stereocenters. The normalized spacial score (nSPS) is 8.07. The lowest BCUT2D eigenvalue weighted by atomic mass is 10.2. The fourth-order valence-electron chi connectivity index (χ4n) is 0.589. The van der Waals surface area contributed by atoms with Gasteiger partial charge in [-0.05, 0) is 5.56 Å². The van der Waals surface area contributed by atoms with Crippen molar-refractivity contribution in [3.8, 4) is 0 Å². The van der Waals surface area contributed by atoms with Gasteiger partial charge in [0.1, 0.15) is 0 Å². The maximum absolute atomic E-state index is 9.52. The summed E-state index contributed by atoms with van der Waals surface area (Å²) >= 11 is 3.40. The molecule has 3 heteroatoms. The third-order valence-corrected chi connectivity index (χ3v) is 1.47. The highest BCUT2D eigenvalue weighted by Crippen LogP contribution is 1.97. The number of carboxylic acids is 1. The minimum absolute atomic E-state index is 0.130. The largest absolute Gasteiger partial charge is 0.477 e. The summed E-state index contributed by atoms with van der Waals surface area (Å²) in [7, 11) is 0. The number of hydrogen-bond donors (Lipinski definition) is 2. The Morgan fingerprint density at radius 1 is 1.36 bits per heavy atom. The van der Waals surface area contributed by atoms with E-state index in [-0.39, 0.29) is 4.91 Å². The summed E-state index contributed by atoms with van der Waals surface area (Å²) in [5, 5.41) is 7.81. The average Bonchev–Trinajstić information content (AvgIpc) is 2.20. The Hall–Kier alpha value is -1.48. The summed E-state index contributed by atoms with van der Waals surface area (Å²) in [6, 6.07) is 10.0. The van der Waals surface area contributed by atoms with E-state index in [0.29, 0.717) is 0 Å². The van der Waals surface area contributed by atoms with Crippen LogP contribution in [0, 0.1) is 0 Å². The Morgan fingerprint density at radius 2 is 1.79 bits per heavy atom. The van der Waals surface area contributed by atoms with Crippen molar-refractivity contribution in [2.75, 3.05) is 0 Å². The van der Waals surface area contributed by atoms with E-state index in [4.69, 9.17) is 5.11 Å². The highest BCUT2D eigenvalue weighted by Gasteiger charge is 1.91. The molecule has 0 saturated carbocycles. The lowest BCUT2D eigenvalue weighted by Crippen LogP contribution is -1.89. The van der Waals surface area contributed by atoms with E-state index in [0.717, 1.165) is 0 Å². The maximum Gasteiger partial charge on any atom is 0.341 e. The molecule has 74 valence electrons. The van der Waals surface area contributed by atoms with Crippen LogP contribution in [0.2, 0.25) is 0 Å². The molecule has 1 rings (SSSR count). The van der Waals surface area contributed by atoms with Crippen LogP contribution in [0.4, 0.5) is 0 Å². The van der Waals surface area contributed by atoms with Gasteiger partial charge in [0.15, 0.2) is 0 Å². The average molecular weight is 208 g/mol.